The first-order valence-corrected chi connectivity index (χ1v) is 9.18. The maximum atomic E-state index is 13.4. The van der Waals surface area contributed by atoms with Gasteiger partial charge in [0.25, 0.3) is 0 Å². The van der Waals surface area contributed by atoms with Crippen LogP contribution in [0.15, 0.2) is 34.8 Å². The summed E-state index contributed by atoms with van der Waals surface area (Å²) in [4.78, 5) is 3.83. The lowest BCUT2D eigenvalue weighted by molar-refractivity contribution is -0.137. The third kappa shape index (κ3) is 3.45. The SMILES string of the molecule is Cc1nnc2ccc(N3CCN(c4ccc(Br)cc4C(F)(F)F)CC3)nn12. The third-order valence-corrected chi connectivity index (χ3v) is 5.11. The largest absolute Gasteiger partial charge is 0.418 e. The first-order chi connectivity index (χ1) is 12.8. The minimum atomic E-state index is -4.39. The summed E-state index contributed by atoms with van der Waals surface area (Å²) in [7, 11) is 0. The molecule has 1 aliphatic heterocycles. The smallest absolute Gasteiger partial charge is 0.367 e. The van der Waals surface area contributed by atoms with Crippen LogP contribution in [0.5, 0.6) is 0 Å². The number of halogens is 4. The summed E-state index contributed by atoms with van der Waals surface area (Å²) in [5.41, 5.74) is 0.257. The zero-order chi connectivity index (χ0) is 19.2. The van der Waals surface area contributed by atoms with Gasteiger partial charge < -0.3 is 9.80 Å². The topological polar surface area (TPSA) is 49.6 Å². The number of alkyl halides is 3. The molecule has 10 heteroatoms. The van der Waals surface area contributed by atoms with Gasteiger partial charge in [0.1, 0.15) is 5.82 Å². The second-order valence-corrected chi connectivity index (χ2v) is 7.26. The Morgan fingerprint density at radius 2 is 1.67 bits per heavy atom. The van der Waals surface area contributed by atoms with Gasteiger partial charge in [0.05, 0.1) is 5.56 Å². The van der Waals surface area contributed by atoms with Gasteiger partial charge in [0.15, 0.2) is 11.5 Å². The third-order valence-electron chi connectivity index (χ3n) is 4.61. The quantitative estimate of drug-likeness (QED) is 0.609. The molecule has 1 aromatic carbocycles. The Morgan fingerprint density at radius 3 is 2.37 bits per heavy atom. The van der Waals surface area contributed by atoms with E-state index in [-0.39, 0.29) is 5.69 Å². The van der Waals surface area contributed by atoms with E-state index in [1.807, 2.05) is 19.1 Å². The van der Waals surface area contributed by atoms with Crippen molar-refractivity contribution in [3.05, 3.63) is 46.2 Å². The van der Waals surface area contributed by atoms with E-state index in [0.717, 1.165) is 11.9 Å². The Balaban J connectivity index is 1.54. The van der Waals surface area contributed by atoms with Crippen molar-refractivity contribution in [2.75, 3.05) is 36.0 Å². The van der Waals surface area contributed by atoms with Gasteiger partial charge in [-0.05, 0) is 37.3 Å². The van der Waals surface area contributed by atoms with Gasteiger partial charge >= 0.3 is 6.18 Å². The summed E-state index contributed by atoms with van der Waals surface area (Å²) < 4.78 is 42.3. The minimum absolute atomic E-state index is 0.211. The number of fused-ring (bicyclic) bond motifs is 1. The van der Waals surface area contributed by atoms with Gasteiger partial charge in [-0.2, -0.15) is 17.7 Å². The molecule has 0 saturated carbocycles. The molecule has 0 aliphatic carbocycles. The van der Waals surface area contributed by atoms with Gasteiger partial charge in [-0.15, -0.1) is 15.3 Å². The average molecular weight is 441 g/mol. The first kappa shape index (κ1) is 18.0. The molecule has 0 bridgehead atoms. The molecule has 6 nitrogen and oxygen atoms in total. The molecule has 0 atom stereocenters. The number of rotatable bonds is 2. The molecule has 142 valence electrons. The Hall–Kier alpha value is -2.36. The van der Waals surface area contributed by atoms with Crippen LogP contribution in [0.4, 0.5) is 24.7 Å². The highest BCUT2D eigenvalue weighted by atomic mass is 79.9. The van der Waals surface area contributed by atoms with Crippen LogP contribution in [0.3, 0.4) is 0 Å². The maximum Gasteiger partial charge on any atom is 0.418 e. The van der Waals surface area contributed by atoms with Crippen molar-refractivity contribution in [3.63, 3.8) is 0 Å². The standard InChI is InChI=1S/C17H16BrF3N6/c1-11-22-23-15-4-5-16(24-27(11)15)26-8-6-25(7-9-26)14-3-2-12(18)10-13(14)17(19,20)21/h2-5,10H,6-9H2,1H3. The highest BCUT2D eigenvalue weighted by molar-refractivity contribution is 9.10. The van der Waals surface area contributed by atoms with E-state index in [1.165, 1.54) is 6.07 Å². The summed E-state index contributed by atoms with van der Waals surface area (Å²) in [6.07, 6.45) is -4.39. The van der Waals surface area contributed by atoms with Crippen molar-refractivity contribution in [2.24, 2.45) is 0 Å². The zero-order valence-corrected chi connectivity index (χ0v) is 16.0. The van der Waals surface area contributed by atoms with Crippen LogP contribution in [0.1, 0.15) is 11.4 Å². The molecule has 0 amide bonds. The molecule has 4 rings (SSSR count). The number of benzene rings is 1. The highest BCUT2D eigenvalue weighted by Gasteiger charge is 2.35. The summed E-state index contributed by atoms with van der Waals surface area (Å²) in [6, 6.07) is 7.99. The lowest BCUT2D eigenvalue weighted by Gasteiger charge is -2.37. The molecule has 0 spiro atoms. The van der Waals surface area contributed by atoms with E-state index in [0.29, 0.717) is 42.1 Å². The van der Waals surface area contributed by atoms with Crippen LogP contribution in [-0.4, -0.2) is 46.0 Å². The molecule has 1 saturated heterocycles. The van der Waals surface area contributed by atoms with Crippen LogP contribution >= 0.6 is 15.9 Å². The number of aromatic nitrogens is 4. The van der Waals surface area contributed by atoms with Crippen molar-refractivity contribution < 1.29 is 13.2 Å². The number of hydrogen-bond acceptors (Lipinski definition) is 5. The Labute approximate surface area is 161 Å². The number of aryl methyl sites for hydroxylation is 1. The predicted octanol–water partition coefficient (Wildman–Crippen LogP) is 3.54. The van der Waals surface area contributed by atoms with E-state index in [2.05, 4.69) is 36.1 Å². The van der Waals surface area contributed by atoms with Gasteiger partial charge in [0.2, 0.25) is 0 Å². The molecular formula is C17H16BrF3N6. The Kier molecular flexibility index (Phi) is 4.45. The second kappa shape index (κ2) is 6.66. The lowest BCUT2D eigenvalue weighted by Crippen LogP contribution is -2.47. The predicted molar refractivity (Wildman–Crippen MR) is 99.1 cm³/mol. The molecule has 0 unspecified atom stereocenters. The van der Waals surface area contributed by atoms with Crippen LogP contribution in [0, 0.1) is 6.92 Å². The summed E-state index contributed by atoms with van der Waals surface area (Å²) in [6.45, 7) is 3.93. The van der Waals surface area contributed by atoms with E-state index < -0.39 is 11.7 Å². The number of hydrogen-bond donors (Lipinski definition) is 0. The molecule has 1 fully saturated rings. The molecule has 27 heavy (non-hydrogen) atoms. The van der Waals surface area contributed by atoms with Gasteiger partial charge in [-0.25, -0.2) is 0 Å². The Bertz CT molecular complexity index is 978. The fourth-order valence-electron chi connectivity index (χ4n) is 3.24. The maximum absolute atomic E-state index is 13.4. The zero-order valence-electron chi connectivity index (χ0n) is 14.4. The van der Waals surface area contributed by atoms with E-state index in [4.69, 9.17) is 0 Å². The van der Waals surface area contributed by atoms with Crippen LogP contribution < -0.4 is 9.80 Å². The van der Waals surface area contributed by atoms with E-state index >= 15 is 0 Å². The Morgan fingerprint density at radius 1 is 0.963 bits per heavy atom. The van der Waals surface area contributed by atoms with Crippen LogP contribution in [-0.2, 0) is 6.18 Å². The van der Waals surface area contributed by atoms with Crippen molar-refractivity contribution in [2.45, 2.75) is 13.1 Å². The fraction of sp³-hybridized carbons (Fsp3) is 0.353. The molecule has 2 aromatic heterocycles. The van der Waals surface area contributed by atoms with E-state index in [1.54, 1.807) is 15.5 Å². The molecule has 0 radical (unpaired) electrons. The van der Waals surface area contributed by atoms with E-state index in [9.17, 15) is 13.2 Å². The normalized spacial score (nSPS) is 15.6. The first-order valence-electron chi connectivity index (χ1n) is 8.38. The molecule has 0 N–H and O–H groups in total. The van der Waals surface area contributed by atoms with Gasteiger partial charge in [-0.3, -0.25) is 0 Å². The van der Waals surface area contributed by atoms with Crippen LogP contribution in [0.2, 0.25) is 0 Å². The average Bonchev–Trinajstić information content (AvgIpc) is 3.02. The lowest BCUT2D eigenvalue weighted by atomic mass is 10.1. The number of anilines is 2. The number of nitrogens with zero attached hydrogens (tertiary/aromatic N) is 6. The fourth-order valence-corrected chi connectivity index (χ4v) is 3.60. The molecule has 1 aliphatic rings. The summed E-state index contributed by atoms with van der Waals surface area (Å²) in [5, 5.41) is 12.5. The van der Waals surface area contributed by atoms with Crippen LogP contribution in [0.25, 0.3) is 5.65 Å². The monoisotopic (exact) mass is 440 g/mol. The highest BCUT2D eigenvalue weighted by Crippen LogP contribution is 2.38. The van der Waals surface area contributed by atoms with Gasteiger partial charge in [-0.1, -0.05) is 15.9 Å². The van der Waals surface area contributed by atoms with Crippen molar-refractivity contribution in [1.29, 1.82) is 0 Å². The molecule has 3 aromatic rings. The van der Waals surface area contributed by atoms with Crippen molar-refractivity contribution in [3.8, 4) is 0 Å². The second-order valence-electron chi connectivity index (χ2n) is 6.34. The molecular weight excluding hydrogens is 425 g/mol. The number of piperazine rings is 1. The summed E-state index contributed by atoms with van der Waals surface area (Å²) in [5.74, 6) is 1.45. The van der Waals surface area contributed by atoms with Crippen molar-refractivity contribution in [1.82, 2.24) is 19.8 Å². The minimum Gasteiger partial charge on any atom is -0.367 e. The van der Waals surface area contributed by atoms with Gasteiger partial charge in [0, 0.05) is 36.3 Å². The van der Waals surface area contributed by atoms with Crippen molar-refractivity contribution >= 4 is 33.1 Å². The molecule has 3 heterocycles. The summed E-state index contributed by atoms with van der Waals surface area (Å²) >= 11 is 3.13.